The van der Waals surface area contributed by atoms with E-state index in [2.05, 4.69) is 19.4 Å². The SMILES string of the molecule is NC(=O)C(C(N)=O)(c1ccon1)c1ccon1. The Hall–Kier alpha value is -2.64. The van der Waals surface area contributed by atoms with Gasteiger partial charge in [-0.2, -0.15) is 0 Å². The summed E-state index contributed by atoms with van der Waals surface area (Å²) >= 11 is 0. The average Bonchev–Trinajstić information content (AvgIpc) is 2.88. The van der Waals surface area contributed by atoms with Crippen LogP contribution in [0.2, 0.25) is 0 Å². The van der Waals surface area contributed by atoms with Gasteiger partial charge in [0, 0.05) is 12.1 Å². The van der Waals surface area contributed by atoms with E-state index in [9.17, 15) is 9.59 Å². The second-order valence-corrected chi connectivity index (χ2v) is 3.25. The number of hydrogen-bond donors (Lipinski definition) is 2. The van der Waals surface area contributed by atoms with E-state index in [4.69, 9.17) is 11.5 Å². The maximum Gasteiger partial charge on any atom is 0.245 e. The molecule has 0 bridgehead atoms. The van der Waals surface area contributed by atoms with Gasteiger partial charge < -0.3 is 20.5 Å². The normalized spacial score (nSPS) is 11.3. The number of carbonyl (C=O) groups is 2. The van der Waals surface area contributed by atoms with Crippen molar-refractivity contribution in [3.63, 3.8) is 0 Å². The van der Waals surface area contributed by atoms with Crippen LogP contribution in [-0.4, -0.2) is 22.1 Å². The molecule has 0 aliphatic heterocycles. The number of nitrogens with zero attached hydrogens (tertiary/aromatic N) is 2. The zero-order chi connectivity index (χ0) is 12.5. The quantitative estimate of drug-likeness (QED) is 0.647. The molecule has 0 saturated carbocycles. The molecule has 2 rings (SSSR count). The van der Waals surface area contributed by atoms with E-state index < -0.39 is 17.2 Å². The van der Waals surface area contributed by atoms with Crippen molar-refractivity contribution in [2.24, 2.45) is 11.5 Å². The van der Waals surface area contributed by atoms with Gasteiger partial charge in [0.15, 0.2) is 0 Å². The molecule has 2 heterocycles. The van der Waals surface area contributed by atoms with Crippen LogP contribution in [0, 0.1) is 0 Å². The highest BCUT2D eigenvalue weighted by molar-refractivity contribution is 6.12. The Balaban J connectivity index is 2.73. The zero-order valence-corrected chi connectivity index (χ0v) is 8.49. The molecule has 0 aliphatic rings. The molecular formula is C9H8N4O4. The van der Waals surface area contributed by atoms with Crippen LogP contribution in [-0.2, 0) is 15.0 Å². The Morgan fingerprint density at radius 1 is 1.00 bits per heavy atom. The van der Waals surface area contributed by atoms with Crippen molar-refractivity contribution in [1.29, 1.82) is 0 Å². The van der Waals surface area contributed by atoms with Crippen LogP contribution in [0.15, 0.2) is 33.7 Å². The van der Waals surface area contributed by atoms with Gasteiger partial charge in [0.2, 0.25) is 17.2 Å². The molecule has 0 aromatic carbocycles. The molecule has 8 heteroatoms. The molecule has 2 aromatic rings. The highest BCUT2D eigenvalue weighted by Crippen LogP contribution is 2.29. The van der Waals surface area contributed by atoms with E-state index in [1.54, 1.807) is 0 Å². The van der Waals surface area contributed by atoms with Crippen molar-refractivity contribution >= 4 is 11.8 Å². The highest BCUT2D eigenvalue weighted by Gasteiger charge is 2.51. The molecule has 0 aliphatic carbocycles. The molecule has 0 radical (unpaired) electrons. The molecule has 8 nitrogen and oxygen atoms in total. The fraction of sp³-hybridized carbons (Fsp3) is 0.111. The third kappa shape index (κ3) is 1.38. The van der Waals surface area contributed by atoms with Crippen LogP contribution in [0.25, 0.3) is 0 Å². The van der Waals surface area contributed by atoms with Gasteiger partial charge in [-0.1, -0.05) is 10.3 Å². The monoisotopic (exact) mass is 236 g/mol. The van der Waals surface area contributed by atoms with Gasteiger partial charge in [-0.05, 0) is 0 Å². The van der Waals surface area contributed by atoms with E-state index >= 15 is 0 Å². The zero-order valence-electron chi connectivity index (χ0n) is 8.49. The summed E-state index contributed by atoms with van der Waals surface area (Å²) in [6.45, 7) is 0. The first-order chi connectivity index (χ1) is 8.10. The van der Waals surface area contributed by atoms with Crippen molar-refractivity contribution < 1.29 is 18.6 Å². The molecular weight excluding hydrogens is 228 g/mol. The van der Waals surface area contributed by atoms with E-state index in [0.717, 1.165) is 0 Å². The standard InChI is InChI=1S/C9H8N4O4/c10-7(14)9(8(11)15,5-1-3-16-12-5)6-2-4-17-13-6/h1-4H,(H2,10,14)(H2,11,15). The number of carbonyl (C=O) groups excluding carboxylic acids is 2. The summed E-state index contributed by atoms with van der Waals surface area (Å²) in [6.07, 6.45) is 2.38. The first kappa shape index (κ1) is 10.9. The molecule has 0 saturated heterocycles. The van der Waals surface area contributed by atoms with Crippen molar-refractivity contribution in [2.75, 3.05) is 0 Å². The van der Waals surface area contributed by atoms with Gasteiger partial charge in [0.1, 0.15) is 23.9 Å². The largest absolute Gasteiger partial charge is 0.368 e. The van der Waals surface area contributed by atoms with Gasteiger partial charge in [-0.15, -0.1) is 0 Å². The molecule has 2 amide bonds. The Bertz CT molecular complexity index is 481. The third-order valence-electron chi connectivity index (χ3n) is 2.38. The van der Waals surface area contributed by atoms with Crippen LogP contribution in [0.1, 0.15) is 11.4 Å². The maximum absolute atomic E-state index is 11.6. The van der Waals surface area contributed by atoms with Crippen molar-refractivity contribution in [2.45, 2.75) is 5.41 Å². The minimum absolute atomic E-state index is 0.0357. The third-order valence-corrected chi connectivity index (χ3v) is 2.38. The fourth-order valence-electron chi connectivity index (χ4n) is 1.57. The minimum atomic E-state index is -1.99. The second kappa shape index (κ2) is 3.74. The number of primary amides is 2. The lowest BCUT2D eigenvalue weighted by Gasteiger charge is -2.21. The molecule has 88 valence electrons. The number of aromatic nitrogens is 2. The van der Waals surface area contributed by atoms with Gasteiger partial charge in [-0.25, -0.2) is 0 Å². The predicted molar refractivity (Wildman–Crippen MR) is 52.2 cm³/mol. The molecule has 0 atom stereocenters. The lowest BCUT2D eigenvalue weighted by molar-refractivity contribution is -0.132. The summed E-state index contributed by atoms with van der Waals surface area (Å²) in [4.78, 5) is 23.2. The Labute approximate surface area is 94.5 Å². The number of hydrogen-bond acceptors (Lipinski definition) is 6. The predicted octanol–water partition coefficient (Wildman–Crippen LogP) is -1.08. The van der Waals surface area contributed by atoms with Crippen LogP contribution in [0.4, 0.5) is 0 Å². The average molecular weight is 236 g/mol. The van der Waals surface area contributed by atoms with Gasteiger partial charge in [0.05, 0.1) is 0 Å². The second-order valence-electron chi connectivity index (χ2n) is 3.25. The molecule has 2 aromatic heterocycles. The van der Waals surface area contributed by atoms with Crippen LogP contribution < -0.4 is 11.5 Å². The molecule has 4 N–H and O–H groups in total. The topological polar surface area (TPSA) is 138 Å². The number of rotatable bonds is 4. The summed E-state index contributed by atoms with van der Waals surface area (Å²) in [6, 6.07) is 2.62. The van der Waals surface area contributed by atoms with Crippen LogP contribution >= 0.6 is 0 Å². The summed E-state index contributed by atoms with van der Waals surface area (Å²) < 4.78 is 9.19. The summed E-state index contributed by atoms with van der Waals surface area (Å²) in [5.41, 5.74) is 8.45. The van der Waals surface area contributed by atoms with Crippen molar-refractivity contribution in [3.8, 4) is 0 Å². The van der Waals surface area contributed by atoms with E-state index in [0.29, 0.717) is 0 Å². The summed E-state index contributed by atoms with van der Waals surface area (Å²) in [5, 5.41) is 7.06. The smallest absolute Gasteiger partial charge is 0.245 e. The van der Waals surface area contributed by atoms with Crippen molar-refractivity contribution in [3.05, 3.63) is 36.0 Å². The first-order valence-corrected chi connectivity index (χ1v) is 4.51. The Morgan fingerprint density at radius 3 is 1.65 bits per heavy atom. The lowest BCUT2D eigenvalue weighted by Crippen LogP contribution is -2.52. The minimum Gasteiger partial charge on any atom is -0.368 e. The van der Waals surface area contributed by atoms with Gasteiger partial charge in [0.25, 0.3) is 0 Å². The van der Waals surface area contributed by atoms with Crippen LogP contribution in [0.3, 0.4) is 0 Å². The van der Waals surface area contributed by atoms with E-state index in [1.165, 1.54) is 24.7 Å². The molecule has 0 unspecified atom stereocenters. The molecule has 17 heavy (non-hydrogen) atoms. The van der Waals surface area contributed by atoms with E-state index in [-0.39, 0.29) is 11.4 Å². The Morgan fingerprint density at radius 2 is 1.41 bits per heavy atom. The number of amides is 2. The van der Waals surface area contributed by atoms with E-state index in [1.807, 2.05) is 0 Å². The summed E-state index contributed by atoms with van der Waals surface area (Å²) in [7, 11) is 0. The van der Waals surface area contributed by atoms with Gasteiger partial charge >= 0.3 is 0 Å². The molecule has 0 spiro atoms. The molecule has 0 fully saturated rings. The highest BCUT2D eigenvalue weighted by atomic mass is 16.5. The van der Waals surface area contributed by atoms with Gasteiger partial charge in [-0.3, -0.25) is 9.59 Å². The first-order valence-electron chi connectivity index (χ1n) is 4.51. The number of nitrogens with two attached hydrogens (primary N) is 2. The van der Waals surface area contributed by atoms with Crippen molar-refractivity contribution in [1.82, 2.24) is 10.3 Å². The Kier molecular flexibility index (Phi) is 2.39. The fourth-order valence-corrected chi connectivity index (χ4v) is 1.57. The lowest BCUT2D eigenvalue weighted by atomic mass is 9.79. The summed E-state index contributed by atoms with van der Waals surface area (Å²) in [5.74, 6) is -2.01. The maximum atomic E-state index is 11.6. The van der Waals surface area contributed by atoms with Crippen LogP contribution in [0.5, 0.6) is 0 Å².